The summed E-state index contributed by atoms with van der Waals surface area (Å²) in [5.74, 6) is -0.000749. The third-order valence-corrected chi connectivity index (χ3v) is 7.72. The molecular weight excluding hydrogens is 432 g/mol. The standard InChI is InChI=1S/C22H26N4O3S2/c1-16-5-7-18(8-6-16)12-23-31(28,29)19-11-20(22-24-17(2)15-30-22)26(13-19)14-21(27)25-9-3-4-10-25/h5-8,11,13,15,23H,3-4,9-10,12,14H2,1-2H3. The van der Waals surface area contributed by atoms with Crippen LogP contribution in [-0.4, -0.2) is 41.9 Å². The van der Waals surface area contributed by atoms with Gasteiger partial charge >= 0.3 is 0 Å². The quantitative estimate of drug-likeness (QED) is 0.589. The molecule has 1 aliphatic rings. The van der Waals surface area contributed by atoms with Crippen molar-refractivity contribution in [2.45, 2.75) is 44.7 Å². The molecule has 0 aliphatic carbocycles. The lowest BCUT2D eigenvalue weighted by Gasteiger charge is -2.16. The number of aryl methyl sites for hydroxylation is 2. The molecule has 1 saturated heterocycles. The summed E-state index contributed by atoms with van der Waals surface area (Å²) in [5.41, 5.74) is 3.50. The van der Waals surface area contributed by atoms with Gasteiger partial charge in [0.1, 0.15) is 16.4 Å². The normalized spacial score (nSPS) is 14.3. The minimum Gasteiger partial charge on any atom is -0.341 e. The Balaban J connectivity index is 1.60. The highest BCUT2D eigenvalue weighted by molar-refractivity contribution is 7.89. The van der Waals surface area contributed by atoms with Gasteiger partial charge in [-0.15, -0.1) is 11.3 Å². The SMILES string of the molecule is Cc1ccc(CNS(=O)(=O)c2cc(-c3nc(C)cs3)n(CC(=O)N3CCCC3)c2)cc1. The van der Waals surface area contributed by atoms with Crippen LogP contribution in [0.3, 0.4) is 0 Å². The van der Waals surface area contributed by atoms with E-state index in [0.717, 1.165) is 42.8 Å². The van der Waals surface area contributed by atoms with Gasteiger partial charge in [-0.1, -0.05) is 29.8 Å². The van der Waals surface area contributed by atoms with Crippen LogP contribution in [-0.2, 0) is 27.9 Å². The van der Waals surface area contributed by atoms with E-state index in [1.807, 2.05) is 48.4 Å². The van der Waals surface area contributed by atoms with Crippen molar-refractivity contribution in [1.82, 2.24) is 19.2 Å². The Hall–Kier alpha value is -2.49. The lowest BCUT2D eigenvalue weighted by Crippen LogP contribution is -2.31. The summed E-state index contributed by atoms with van der Waals surface area (Å²) in [7, 11) is -3.75. The highest BCUT2D eigenvalue weighted by Gasteiger charge is 2.24. The second-order valence-electron chi connectivity index (χ2n) is 7.88. The predicted octanol–water partition coefficient (Wildman–Crippen LogP) is 3.33. The van der Waals surface area contributed by atoms with Crippen LogP contribution in [0.1, 0.15) is 29.7 Å². The number of rotatable bonds is 7. The molecule has 7 nitrogen and oxygen atoms in total. The van der Waals surface area contributed by atoms with E-state index in [4.69, 9.17) is 0 Å². The molecule has 2 aromatic heterocycles. The van der Waals surface area contributed by atoms with Gasteiger partial charge in [0.25, 0.3) is 0 Å². The largest absolute Gasteiger partial charge is 0.341 e. The van der Waals surface area contributed by atoms with Crippen LogP contribution in [0.5, 0.6) is 0 Å². The maximum atomic E-state index is 13.0. The summed E-state index contributed by atoms with van der Waals surface area (Å²) in [6.07, 6.45) is 3.56. The van der Waals surface area contributed by atoms with E-state index in [9.17, 15) is 13.2 Å². The monoisotopic (exact) mass is 458 g/mol. The molecule has 0 bridgehead atoms. The number of carbonyl (C=O) groups is 1. The minimum absolute atomic E-state index is 0.000749. The van der Waals surface area contributed by atoms with E-state index >= 15 is 0 Å². The molecule has 1 amide bonds. The Morgan fingerprint density at radius 1 is 1.16 bits per heavy atom. The Bertz CT molecular complexity index is 1170. The van der Waals surface area contributed by atoms with E-state index in [1.165, 1.54) is 17.5 Å². The van der Waals surface area contributed by atoms with Gasteiger partial charge in [-0.2, -0.15) is 0 Å². The zero-order chi connectivity index (χ0) is 22.0. The third-order valence-electron chi connectivity index (χ3n) is 5.37. The number of sulfonamides is 1. The summed E-state index contributed by atoms with van der Waals surface area (Å²) < 4.78 is 30.3. The first kappa shape index (κ1) is 21.7. The molecule has 1 fully saturated rings. The average Bonchev–Trinajstić information content (AvgIpc) is 3.48. The second kappa shape index (κ2) is 8.94. The molecule has 0 radical (unpaired) electrons. The number of nitrogens with zero attached hydrogens (tertiary/aromatic N) is 3. The first-order valence-electron chi connectivity index (χ1n) is 10.3. The molecule has 1 N–H and O–H groups in total. The molecule has 164 valence electrons. The summed E-state index contributed by atoms with van der Waals surface area (Å²) >= 11 is 1.44. The topological polar surface area (TPSA) is 84.3 Å². The molecule has 1 aromatic carbocycles. The number of nitrogens with one attached hydrogen (secondary N) is 1. The van der Waals surface area contributed by atoms with Gasteiger partial charge in [0.2, 0.25) is 15.9 Å². The zero-order valence-corrected chi connectivity index (χ0v) is 19.3. The van der Waals surface area contributed by atoms with Gasteiger partial charge in [0.05, 0.1) is 5.69 Å². The van der Waals surface area contributed by atoms with Gasteiger partial charge in [0, 0.05) is 36.9 Å². The van der Waals surface area contributed by atoms with Crippen LogP contribution in [0.15, 0.2) is 46.8 Å². The molecule has 1 aliphatic heterocycles. The number of amides is 1. The van der Waals surface area contributed by atoms with E-state index in [0.29, 0.717) is 10.7 Å². The fraction of sp³-hybridized carbons (Fsp3) is 0.364. The van der Waals surface area contributed by atoms with Crippen LogP contribution in [0.25, 0.3) is 10.7 Å². The molecule has 0 saturated carbocycles. The molecule has 0 atom stereocenters. The van der Waals surface area contributed by atoms with E-state index in [2.05, 4.69) is 9.71 Å². The third kappa shape index (κ3) is 5.06. The van der Waals surface area contributed by atoms with Crippen LogP contribution >= 0.6 is 11.3 Å². The van der Waals surface area contributed by atoms with E-state index in [1.54, 1.807) is 10.6 Å². The summed E-state index contributed by atoms with van der Waals surface area (Å²) in [5, 5.41) is 2.62. The summed E-state index contributed by atoms with van der Waals surface area (Å²) in [6, 6.07) is 9.32. The van der Waals surface area contributed by atoms with Gasteiger partial charge in [-0.25, -0.2) is 18.1 Å². The van der Waals surface area contributed by atoms with Crippen molar-refractivity contribution in [1.29, 1.82) is 0 Å². The fourth-order valence-electron chi connectivity index (χ4n) is 3.59. The van der Waals surface area contributed by atoms with Gasteiger partial charge in [-0.3, -0.25) is 4.79 Å². The van der Waals surface area contributed by atoms with Gasteiger partial charge < -0.3 is 9.47 Å². The zero-order valence-electron chi connectivity index (χ0n) is 17.7. The van der Waals surface area contributed by atoms with Crippen molar-refractivity contribution >= 4 is 27.3 Å². The first-order chi connectivity index (χ1) is 14.8. The van der Waals surface area contributed by atoms with Crippen molar-refractivity contribution in [2.75, 3.05) is 13.1 Å². The number of carbonyl (C=O) groups excluding carboxylic acids is 1. The molecular formula is C22H26N4O3S2. The maximum absolute atomic E-state index is 13.0. The molecule has 31 heavy (non-hydrogen) atoms. The van der Waals surface area contributed by atoms with Gasteiger partial charge in [0.15, 0.2) is 0 Å². The maximum Gasteiger partial charge on any atom is 0.242 e. The summed E-state index contributed by atoms with van der Waals surface area (Å²) in [4.78, 5) is 19.2. The highest BCUT2D eigenvalue weighted by Crippen LogP contribution is 2.28. The molecule has 4 rings (SSSR count). The minimum atomic E-state index is -3.75. The molecule has 3 aromatic rings. The fourth-order valence-corrected chi connectivity index (χ4v) is 5.48. The molecule has 3 heterocycles. The Kier molecular flexibility index (Phi) is 6.27. The number of hydrogen-bond donors (Lipinski definition) is 1. The van der Waals surface area contributed by atoms with Crippen LogP contribution in [0.2, 0.25) is 0 Å². The lowest BCUT2D eigenvalue weighted by molar-refractivity contribution is -0.130. The number of benzene rings is 1. The highest BCUT2D eigenvalue weighted by atomic mass is 32.2. The van der Waals surface area contributed by atoms with Crippen LogP contribution in [0, 0.1) is 13.8 Å². The predicted molar refractivity (Wildman–Crippen MR) is 121 cm³/mol. The smallest absolute Gasteiger partial charge is 0.242 e. The van der Waals surface area contributed by atoms with Gasteiger partial charge in [-0.05, 0) is 38.3 Å². The number of thiazole rings is 1. The summed E-state index contributed by atoms with van der Waals surface area (Å²) in [6.45, 7) is 5.70. The number of hydrogen-bond acceptors (Lipinski definition) is 5. The van der Waals surface area contributed by atoms with Crippen LogP contribution < -0.4 is 4.72 Å². The first-order valence-corrected chi connectivity index (χ1v) is 12.6. The molecule has 0 spiro atoms. The number of likely N-dealkylation sites (tertiary alicyclic amines) is 1. The van der Waals surface area contributed by atoms with Crippen molar-refractivity contribution in [3.8, 4) is 10.7 Å². The Labute approximate surface area is 186 Å². The molecule has 0 unspecified atom stereocenters. The second-order valence-corrected chi connectivity index (χ2v) is 10.5. The number of aromatic nitrogens is 2. The van der Waals surface area contributed by atoms with Crippen molar-refractivity contribution in [3.05, 3.63) is 58.7 Å². The lowest BCUT2D eigenvalue weighted by atomic mass is 10.2. The van der Waals surface area contributed by atoms with Crippen molar-refractivity contribution in [3.63, 3.8) is 0 Å². The Morgan fingerprint density at radius 3 is 2.52 bits per heavy atom. The van der Waals surface area contributed by atoms with Crippen molar-refractivity contribution < 1.29 is 13.2 Å². The van der Waals surface area contributed by atoms with E-state index < -0.39 is 10.0 Å². The van der Waals surface area contributed by atoms with Crippen LogP contribution in [0.4, 0.5) is 0 Å². The average molecular weight is 459 g/mol. The molecule has 9 heteroatoms. The van der Waals surface area contributed by atoms with Crippen molar-refractivity contribution in [2.24, 2.45) is 0 Å². The van der Waals surface area contributed by atoms with E-state index in [-0.39, 0.29) is 23.9 Å². The Morgan fingerprint density at radius 2 is 1.87 bits per heavy atom.